The van der Waals surface area contributed by atoms with E-state index in [-0.39, 0.29) is 31.4 Å². The predicted molar refractivity (Wildman–Crippen MR) is 95.9 cm³/mol. The lowest BCUT2D eigenvalue weighted by Crippen LogP contribution is -2.49. The molecule has 0 saturated carbocycles. The Balaban J connectivity index is 1.87. The highest BCUT2D eigenvalue weighted by Gasteiger charge is 2.31. The molecular formula is C19H21NO7. The van der Waals surface area contributed by atoms with Crippen LogP contribution in [0.2, 0.25) is 0 Å². The Morgan fingerprint density at radius 1 is 1.26 bits per heavy atom. The quantitative estimate of drug-likeness (QED) is 0.591. The molecule has 1 fully saturated rings. The van der Waals surface area contributed by atoms with Crippen LogP contribution in [0, 0.1) is 0 Å². The summed E-state index contributed by atoms with van der Waals surface area (Å²) in [5.41, 5.74) is -0.495. The average molecular weight is 375 g/mol. The summed E-state index contributed by atoms with van der Waals surface area (Å²) in [6, 6.07) is 6.58. The Kier molecular flexibility index (Phi) is 5.46. The molecule has 1 amide bonds. The summed E-state index contributed by atoms with van der Waals surface area (Å²) in [5.74, 6) is -0.491. The van der Waals surface area contributed by atoms with E-state index in [1.807, 2.05) is 13.8 Å². The summed E-state index contributed by atoms with van der Waals surface area (Å²) in [5, 5.41) is 0.604. The minimum absolute atomic E-state index is 0.0147. The summed E-state index contributed by atoms with van der Waals surface area (Å²) in [6.07, 6.45) is -0.880. The van der Waals surface area contributed by atoms with Gasteiger partial charge in [0, 0.05) is 18.0 Å². The van der Waals surface area contributed by atoms with Crippen molar-refractivity contribution in [2.45, 2.75) is 26.1 Å². The number of fused-ring (bicyclic) bond motifs is 1. The Bertz CT molecular complexity index is 918. The molecule has 144 valence electrons. The molecule has 8 nitrogen and oxygen atoms in total. The third-order valence-electron chi connectivity index (χ3n) is 4.13. The van der Waals surface area contributed by atoms with Crippen molar-refractivity contribution in [3.63, 3.8) is 0 Å². The van der Waals surface area contributed by atoms with Crippen LogP contribution in [0.25, 0.3) is 11.0 Å². The van der Waals surface area contributed by atoms with E-state index in [4.69, 9.17) is 13.9 Å². The van der Waals surface area contributed by atoms with E-state index in [0.717, 1.165) is 0 Å². The topological polar surface area (TPSA) is 95.3 Å². The lowest BCUT2D eigenvalue weighted by molar-refractivity contribution is -0.158. The molecule has 1 aliphatic rings. The molecule has 1 unspecified atom stereocenters. The number of rotatable bonds is 4. The smallest absolute Gasteiger partial charge is 0.349 e. The Morgan fingerprint density at radius 3 is 2.74 bits per heavy atom. The highest BCUT2D eigenvalue weighted by atomic mass is 16.6. The second kappa shape index (κ2) is 7.79. The Morgan fingerprint density at radius 2 is 2.04 bits per heavy atom. The monoisotopic (exact) mass is 375 g/mol. The minimum Gasteiger partial charge on any atom is -0.491 e. The van der Waals surface area contributed by atoms with E-state index in [2.05, 4.69) is 4.74 Å². The van der Waals surface area contributed by atoms with Crippen LogP contribution in [0.1, 0.15) is 24.2 Å². The molecule has 1 atom stereocenters. The number of benzene rings is 1. The van der Waals surface area contributed by atoms with Crippen LogP contribution in [-0.4, -0.2) is 55.8 Å². The number of carbonyl (C=O) groups is 2. The van der Waals surface area contributed by atoms with Crippen molar-refractivity contribution in [1.29, 1.82) is 0 Å². The largest absolute Gasteiger partial charge is 0.491 e. The molecule has 0 N–H and O–H groups in total. The third-order valence-corrected chi connectivity index (χ3v) is 4.13. The zero-order chi connectivity index (χ0) is 19.6. The zero-order valence-corrected chi connectivity index (χ0v) is 15.4. The number of hydrogen-bond donors (Lipinski definition) is 0. The van der Waals surface area contributed by atoms with Gasteiger partial charge in [0.05, 0.1) is 26.4 Å². The van der Waals surface area contributed by atoms with Crippen molar-refractivity contribution in [2.75, 3.05) is 26.8 Å². The van der Waals surface area contributed by atoms with Gasteiger partial charge in [-0.1, -0.05) is 0 Å². The van der Waals surface area contributed by atoms with E-state index < -0.39 is 23.6 Å². The standard InChI is InChI=1S/C19H21NO7/c1-11(2)26-13-5-4-12-8-14(18(22)27-15(12)9-13)17(21)20-6-7-25-16(10-20)19(23)24-3/h4-5,8-9,11,16H,6-7,10H2,1-3H3. The second-order valence-electron chi connectivity index (χ2n) is 6.45. The number of esters is 1. The van der Waals surface area contributed by atoms with Crippen LogP contribution in [0.5, 0.6) is 5.75 Å². The molecule has 1 aliphatic heterocycles. The lowest BCUT2D eigenvalue weighted by atomic mass is 10.1. The van der Waals surface area contributed by atoms with Gasteiger partial charge in [0.2, 0.25) is 0 Å². The number of methoxy groups -OCH3 is 1. The summed E-state index contributed by atoms with van der Waals surface area (Å²) in [6.45, 7) is 4.26. The number of hydrogen-bond acceptors (Lipinski definition) is 7. The summed E-state index contributed by atoms with van der Waals surface area (Å²) >= 11 is 0. The molecule has 0 aliphatic carbocycles. The molecule has 1 aromatic heterocycles. The second-order valence-corrected chi connectivity index (χ2v) is 6.45. The normalized spacial score (nSPS) is 17.2. The van der Waals surface area contributed by atoms with E-state index in [0.29, 0.717) is 16.7 Å². The first-order valence-corrected chi connectivity index (χ1v) is 8.62. The Hall–Kier alpha value is -2.87. The molecule has 0 bridgehead atoms. The minimum atomic E-state index is -0.865. The third kappa shape index (κ3) is 4.11. The first-order chi connectivity index (χ1) is 12.9. The maximum absolute atomic E-state index is 12.8. The maximum atomic E-state index is 12.8. The molecule has 1 aromatic carbocycles. The molecule has 8 heteroatoms. The number of ether oxygens (including phenoxy) is 3. The van der Waals surface area contributed by atoms with Gasteiger partial charge in [-0.2, -0.15) is 0 Å². The molecule has 27 heavy (non-hydrogen) atoms. The summed E-state index contributed by atoms with van der Waals surface area (Å²) < 4.78 is 20.9. The zero-order valence-electron chi connectivity index (χ0n) is 15.4. The van der Waals surface area contributed by atoms with Crippen molar-refractivity contribution in [3.05, 3.63) is 40.2 Å². The molecular weight excluding hydrogens is 354 g/mol. The first kappa shape index (κ1) is 18.9. The van der Waals surface area contributed by atoms with Crippen LogP contribution >= 0.6 is 0 Å². The van der Waals surface area contributed by atoms with Gasteiger partial charge >= 0.3 is 11.6 Å². The van der Waals surface area contributed by atoms with E-state index in [1.165, 1.54) is 18.1 Å². The van der Waals surface area contributed by atoms with Gasteiger partial charge < -0.3 is 23.5 Å². The number of amides is 1. The van der Waals surface area contributed by atoms with Crippen molar-refractivity contribution >= 4 is 22.8 Å². The van der Waals surface area contributed by atoms with Crippen molar-refractivity contribution in [2.24, 2.45) is 0 Å². The Labute approximate surface area is 155 Å². The highest BCUT2D eigenvalue weighted by molar-refractivity contribution is 5.97. The van der Waals surface area contributed by atoms with Crippen molar-refractivity contribution in [1.82, 2.24) is 4.90 Å². The highest BCUT2D eigenvalue weighted by Crippen LogP contribution is 2.22. The average Bonchev–Trinajstić information content (AvgIpc) is 2.65. The van der Waals surface area contributed by atoms with Crippen LogP contribution < -0.4 is 10.4 Å². The lowest BCUT2D eigenvalue weighted by Gasteiger charge is -2.31. The fourth-order valence-corrected chi connectivity index (χ4v) is 2.86. The van der Waals surface area contributed by atoms with Crippen LogP contribution in [0.4, 0.5) is 0 Å². The summed E-state index contributed by atoms with van der Waals surface area (Å²) in [7, 11) is 1.25. The fraction of sp³-hybridized carbons (Fsp3) is 0.421. The molecule has 2 heterocycles. The van der Waals surface area contributed by atoms with Crippen LogP contribution in [0.15, 0.2) is 33.5 Å². The van der Waals surface area contributed by atoms with Crippen molar-refractivity contribution < 1.29 is 28.2 Å². The van der Waals surface area contributed by atoms with Crippen LogP contribution in [-0.2, 0) is 14.3 Å². The van der Waals surface area contributed by atoms with Crippen molar-refractivity contribution in [3.8, 4) is 5.75 Å². The van der Waals surface area contributed by atoms with Gasteiger partial charge in [-0.3, -0.25) is 4.79 Å². The molecule has 0 radical (unpaired) electrons. The SMILES string of the molecule is COC(=O)C1CN(C(=O)c2cc3ccc(OC(C)C)cc3oc2=O)CCO1. The summed E-state index contributed by atoms with van der Waals surface area (Å²) in [4.78, 5) is 38.1. The molecule has 1 saturated heterocycles. The van der Waals surface area contributed by atoms with Gasteiger partial charge in [-0.15, -0.1) is 0 Å². The van der Waals surface area contributed by atoms with Gasteiger partial charge in [0.25, 0.3) is 5.91 Å². The van der Waals surface area contributed by atoms with Gasteiger partial charge in [0.1, 0.15) is 16.9 Å². The van der Waals surface area contributed by atoms with Gasteiger partial charge in [-0.25, -0.2) is 9.59 Å². The molecule has 0 spiro atoms. The van der Waals surface area contributed by atoms with Gasteiger partial charge in [-0.05, 0) is 32.0 Å². The van der Waals surface area contributed by atoms with Crippen LogP contribution in [0.3, 0.4) is 0 Å². The number of carbonyl (C=O) groups excluding carboxylic acids is 2. The molecule has 2 aromatic rings. The fourth-order valence-electron chi connectivity index (χ4n) is 2.86. The molecule has 3 rings (SSSR count). The van der Waals surface area contributed by atoms with E-state index in [9.17, 15) is 14.4 Å². The van der Waals surface area contributed by atoms with E-state index >= 15 is 0 Å². The number of nitrogens with zero attached hydrogens (tertiary/aromatic N) is 1. The predicted octanol–water partition coefficient (Wildman–Crippen LogP) is 1.59. The van der Waals surface area contributed by atoms with Gasteiger partial charge in [0.15, 0.2) is 6.10 Å². The van der Waals surface area contributed by atoms with E-state index in [1.54, 1.807) is 18.2 Å². The first-order valence-electron chi connectivity index (χ1n) is 8.62. The number of morpholine rings is 1. The maximum Gasteiger partial charge on any atom is 0.349 e.